The first-order valence-electron chi connectivity index (χ1n) is 9.39. The van der Waals surface area contributed by atoms with E-state index in [2.05, 4.69) is 10.4 Å². The highest BCUT2D eigenvalue weighted by Gasteiger charge is 2.11. The summed E-state index contributed by atoms with van der Waals surface area (Å²) in [7, 11) is 1.59. The molecule has 0 bridgehead atoms. The number of hydrogen-bond donors (Lipinski definition) is 2. The van der Waals surface area contributed by atoms with Gasteiger partial charge in [0.25, 0.3) is 11.5 Å². The Balaban J connectivity index is 1.62. The quantitative estimate of drug-likeness (QED) is 0.596. The molecule has 1 heterocycles. The van der Waals surface area contributed by atoms with Gasteiger partial charge in [0.1, 0.15) is 5.75 Å². The predicted molar refractivity (Wildman–Crippen MR) is 113 cm³/mol. The SMILES string of the molecule is COc1ccc(-c2ccc(=O)n(CCCC(=O)Nc3ccccc3C(N)=O)n2)cc1. The molecule has 1 aromatic heterocycles. The molecule has 0 saturated carbocycles. The Morgan fingerprint density at radius 3 is 2.50 bits per heavy atom. The minimum absolute atomic E-state index is 0.161. The van der Waals surface area contributed by atoms with E-state index in [0.29, 0.717) is 17.8 Å². The maximum absolute atomic E-state index is 12.2. The van der Waals surface area contributed by atoms with E-state index in [1.54, 1.807) is 37.4 Å². The van der Waals surface area contributed by atoms with Gasteiger partial charge in [-0.05, 0) is 48.9 Å². The zero-order valence-electron chi connectivity index (χ0n) is 16.5. The van der Waals surface area contributed by atoms with Crippen molar-refractivity contribution in [2.24, 2.45) is 5.73 Å². The predicted octanol–water partition coefficient (Wildman–Crippen LogP) is 2.44. The number of rotatable bonds is 8. The van der Waals surface area contributed by atoms with Gasteiger partial charge >= 0.3 is 0 Å². The molecule has 0 saturated heterocycles. The fourth-order valence-electron chi connectivity index (χ4n) is 2.93. The van der Waals surface area contributed by atoms with Crippen LogP contribution in [0.1, 0.15) is 23.2 Å². The molecule has 0 spiro atoms. The lowest BCUT2D eigenvalue weighted by molar-refractivity contribution is -0.116. The van der Waals surface area contributed by atoms with Crippen molar-refractivity contribution in [2.45, 2.75) is 19.4 Å². The number of amides is 2. The monoisotopic (exact) mass is 406 g/mol. The van der Waals surface area contributed by atoms with Gasteiger partial charge in [0.05, 0.1) is 24.1 Å². The summed E-state index contributed by atoms with van der Waals surface area (Å²) in [5.74, 6) is -0.156. The van der Waals surface area contributed by atoms with Gasteiger partial charge in [0, 0.05) is 24.6 Å². The molecular formula is C22H22N4O4. The average Bonchev–Trinajstić information content (AvgIpc) is 2.75. The molecule has 0 fully saturated rings. The Hall–Kier alpha value is -3.94. The summed E-state index contributed by atoms with van der Waals surface area (Å²) in [6.07, 6.45) is 0.567. The van der Waals surface area contributed by atoms with Crippen molar-refractivity contribution in [2.75, 3.05) is 12.4 Å². The first-order chi connectivity index (χ1) is 14.5. The highest BCUT2D eigenvalue weighted by Crippen LogP contribution is 2.19. The molecule has 3 rings (SSSR count). The molecule has 0 aliphatic heterocycles. The van der Waals surface area contributed by atoms with Gasteiger partial charge in [-0.25, -0.2) is 4.68 Å². The van der Waals surface area contributed by atoms with E-state index in [1.165, 1.54) is 10.7 Å². The first kappa shape index (κ1) is 20.8. The molecule has 30 heavy (non-hydrogen) atoms. The van der Waals surface area contributed by atoms with Crippen LogP contribution in [0.4, 0.5) is 5.69 Å². The molecule has 2 amide bonds. The van der Waals surface area contributed by atoms with Crippen LogP contribution in [0.25, 0.3) is 11.3 Å². The fourth-order valence-corrected chi connectivity index (χ4v) is 2.93. The summed E-state index contributed by atoms with van der Waals surface area (Å²) in [5.41, 5.74) is 7.19. The van der Waals surface area contributed by atoms with Gasteiger partial charge in [-0.1, -0.05) is 12.1 Å². The number of aromatic nitrogens is 2. The summed E-state index contributed by atoms with van der Waals surface area (Å²) in [6, 6.07) is 17.0. The van der Waals surface area contributed by atoms with Crippen molar-refractivity contribution in [3.05, 3.63) is 76.6 Å². The number of carbonyl (C=O) groups excluding carboxylic acids is 2. The van der Waals surface area contributed by atoms with Crippen molar-refractivity contribution >= 4 is 17.5 Å². The van der Waals surface area contributed by atoms with Crippen LogP contribution in [0, 0.1) is 0 Å². The summed E-state index contributed by atoms with van der Waals surface area (Å²) < 4.78 is 6.48. The molecular weight excluding hydrogens is 384 g/mol. The van der Waals surface area contributed by atoms with Crippen LogP contribution < -0.4 is 21.3 Å². The van der Waals surface area contributed by atoms with Crippen LogP contribution in [0.5, 0.6) is 5.75 Å². The smallest absolute Gasteiger partial charge is 0.266 e. The average molecular weight is 406 g/mol. The fraction of sp³-hybridized carbons (Fsp3) is 0.182. The van der Waals surface area contributed by atoms with Crippen LogP contribution in [0.2, 0.25) is 0 Å². The number of hydrogen-bond acceptors (Lipinski definition) is 5. The molecule has 2 aromatic carbocycles. The Labute approximate surface area is 173 Å². The maximum Gasteiger partial charge on any atom is 0.266 e. The van der Waals surface area contributed by atoms with Crippen molar-refractivity contribution in [3.63, 3.8) is 0 Å². The molecule has 0 atom stereocenters. The number of methoxy groups -OCH3 is 1. The van der Waals surface area contributed by atoms with E-state index in [4.69, 9.17) is 10.5 Å². The lowest BCUT2D eigenvalue weighted by Gasteiger charge is -2.10. The summed E-state index contributed by atoms with van der Waals surface area (Å²) in [5, 5.41) is 7.07. The number of nitrogens with zero attached hydrogens (tertiary/aromatic N) is 2. The maximum atomic E-state index is 12.2. The zero-order chi connectivity index (χ0) is 21.5. The number of nitrogens with one attached hydrogen (secondary N) is 1. The molecule has 154 valence electrons. The number of anilines is 1. The zero-order valence-corrected chi connectivity index (χ0v) is 16.5. The third-order valence-electron chi connectivity index (χ3n) is 4.49. The number of benzene rings is 2. The van der Waals surface area contributed by atoms with Crippen molar-refractivity contribution < 1.29 is 14.3 Å². The van der Waals surface area contributed by atoms with Gasteiger partial charge in [-0.3, -0.25) is 14.4 Å². The van der Waals surface area contributed by atoms with E-state index in [-0.39, 0.29) is 30.0 Å². The second kappa shape index (κ2) is 9.51. The Bertz CT molecular complexity index is 1110. The minimum atomic E-state index is -0.614. The van der Waals surface area contributed by atoms with Crippen LogP contribution >= 0.6 is 0 Å². The molecule has 3 aromatic rings. The van der Waals surface area contributed by atoms with Crippen LogP contribution in [0.3, 0.4) is 0 Å². The van der Waals surface area contributed by atoms with Crippen LogP contribution in [-0.2, 0) is 11.3 Å². The lowest BCUT2D eigenvalue weighted by Crippen LogP contribution is -2.23. The van der Waals surface area contributed by atoms with Gasteiger partial charge in [0.15, 0.2) is 0 Å². The third kappa shape index (κ3) is 5.11. The van der Waals surface area contributed by atoms with Crippen molar-refractivity contribution in [1.82, 2.24) is 9.78 Å². The topological polar surface area (TPSA) is 116 Å². The molecule has 8 nitrogen and oxygen atoms in total. The Morgan fingerprint density at radius 1 is 1.07 bits per heavy atom. The summed E-state index contributed by atoms with van der Waals surface area (Å²) >= 11 is 0. The number of carbonyl (C=O) groups is 2. The standard InChI is InChI=1S/C22H22N4O4/c1-30-16-10-8-15(9-11-16)18-12-13-21(28)26(25-18)14-4-7-20(27)24-19-6-3-2-5-17(19)22(23)29/h2-3,5-6,8-13H,4,7,14H2,1H3,(H2,23,29)(H,24,27). The van der Waals surface area contributed by atoms with Gasteiger partial charge in [0.2, 0.25) is 5.91 Å². The molecule has 8 heteroatoms. The largest absolute Gasteiger partial charge is 0.497 e. The number of para-hydroxylation sites is 1. The molecule has 0 aliphatic carbocycles. The van der Waals surface area contributed by atoms with E-state index in [0.717, 1.165) is 11.3 Å². The van der Waals surface area contributed by atoms with E-state index < -0.39 is 5.91 Å². The number of nitrogens with two attached hydrogens (primary N) is 1. The first-order valence-corrected chi connectivity index (χ1v) is 9.39. The highest BCUT2D eigenvalue weighted by atomic mass is 16.5. The summed E-state index contributed by atoms with van der Waals surface area (Å²) in [6.45, 7) is 0.285. The van der Waals surface area contributed by atoms with E-state index >= 15 is 0 Å². The van der Waals surface area contributed by atoms with Crippen LogP contribution in [-0.4, -0.2) is 28.7 Å². The molecule has 0 radical (unpaired) electrons. The van der Waals surface area contributed by atoms with Gasteiger partial charge in [-0.2, -0.15) is 5.10 Å². The van der Waals surface area contributed by atoms with Crippen molar-refractivity contribution in [3.8, 4) is 17.0 Å². The van der Waals surface area contributed by atoms with Gasteiger partial charge < -0.3 is 15.8 Å². The van der Waals surface area contributed by atoms with Gasteiger partial charge in [-0.15, -0.1) is 0 Å². The second-order valence-electron chi connectivity index (χ2n) is 6.57. The Kier molecular flexibility index (Phi) is 6.59. The molecule has 0 unspecified atom stereocenters. The number of primary amides is 1. The lowest BCUT2D eigenvalue weighted by atomic mass is 10.1. The van der Waals surface area contributed by atoms with Crippen molar-refractivity contribution in [1.29, 1.82) is 0 Å². The second-order valence-corrected chi connectivity index (χ2v) is 6.57. The normalized spacial score (nSPS) is 10.4. The molecule has 3 N–H and O–H groups in total. The number of aryl methyl sites for hydroxylation is 1. The van der Waals surface area contributed by atoms with Crippen LogP contribution in [0.15, 0.2) is 65.5 Å². The molecule has 0 aliphatic rings. The minimum Gasteiger partial charge on any atom is -0.497 e. The third-order valence-corrected chi connectivity index (χ3v) is 4.49. The number of ether oxygens (including phenoxy) is 1. The van der Waals surface area contributed by atoms with E-state index in [1.807, 2.05) is 24.3 Å². The summed E-state index contributed by atoms with van der Waals surface area (Å²) in [4.78, 5) is 35.8. The van der Waals surface area contributed by atoms with E-state index in [9.17, 15) is 14.4 Å². The highest BCUT2D eigenvalue weighted by molar-refractivity contribution is 6.02. The Morgan fingerprint density at radius 2 is 1.80 bits per heavy atom.